The van der Waals surface area contributed by atoms with E-state index in [0.717, 1.165) is 12.2 Å². The van der Waals surface area contributed by atoms with E-state index >= 15 is 0 Å². The van der Waals surface area contributed by atoms with E-state index in [1.807, 2.05) is 0 Å². The minimum absolute atomic E-state index is 0.283. The zero-order chi connectivity index (χ0) is 17.5. The van der Waals surface area contributed by atoms with Crippen LogP contribution in [0.2, 0.25) is 0 Å². The molecule has 1 atom stereocenters. The molecule has 1 unspecified atom stereocenters. The standard InChI is InChI=1S/C7H16O4.2C3H4O2/c1-6(11-2)7(3-8,4-9)5-10;2*1-2-3(4)5/h6,8-10H,3-5H2,1-2H3;2*2H,1H2,(H,4,5). The molecule has 0 aromatic carbocycles. The number of hydrogen-bond donors (Lipinski definition) is 5. The summed E-state index contributed by atoms with van der Waals surface area (Å²) in [5.74, 6) is -1.96. The molecule has 0 amide bonds. The minimum Gasteiger partial charge on any atom is -0.478 e. The molecule has 8 nitrogen and oxygen atoms in total. The maximum Gasteiger partial charge on any atom is 0.327 e. The zero-order valence-electron chi connectivity index (χ0n) is 12.2. The van der Waals surface area contributed by atoms with Gasteiger partial charge in [-0.15, -0.1) is 0 Å². The van der Waals surface area contributed by atoms with E-state index in [1.54, 1.807) is 6.92 Å². The molecule has 0 saturated heterocycles. The van der Waals surface area contributed by atoms with Gasteiger partial charge in [0.25, 0.3) is 0 Å². The molecule has 5 N–H and O–H groups in total. The highest BCUT2D eigenvalue weighted by Gasteiger charge is 2.34. The lowest BCUT2D eigenvalue weighted by molar-refractivity contribution is -0.132. The van der Waals surface area contributed by atoms with Gasteiger partial charge in [0.05, 0.1) is 31.3 Å². The van der Waals surface area contributed by atoms with Crippen molar-refractivity contribution >= 4 is 11.9 Å². The average Bonchev–Trinajstić information content (AvgIpc) is 2.50. The monoisotopic (exact) mass is 308 g/mol. The largest absolute Gasteiger partial charge is 0.478 e. The van der Waals surface area contributed by atoms with Gasteiger partial charge in [-0.2, -0.15) is 0 Å². The van der Waals surface area contributed by atoms with Crippen LogP contribution < -0.4 is 0 Å². The molecule has 0 fully saturated rings. The van der Waals surface area contributed by atoms with Gasteiger partial charge < -0.3 is 30.3 Å². The van der Waals surface area contributed by atoms with E-state index in [1.165, 1.54) is 7.11 Å². The molecule has 0 aromatic heterocycles. The fourth-order valence-electron chi connectivity index (χ4n) is 0.786. The fourth-order valence-corrected chi connectivity index (χ4v) is 0.786. The van der Waals surface area contributed by atoms with Gasteiger partial charge in [0.2, 0.25) is 0 Å². The Bertz CT molecular complexity index is 283. The number of methoxy groups -OCH3 is 1. The van der Waals surface area contributed by atoms with Gasteiger partial charge >= 0.3 is 11.9 Å². The van der Waals surface area contributed by atoms with Crippen molar-refractivity contribution in [1.29, 1.82) is 0 Å². The second kappa shape index (κ2) is 14.7. The van der Waals surface area contributed by atoms with Crippen molar-refractivity contribution in [2.24, 2.45) is 5.41 Å². The molecule has 0 spiro atoms. The van der Waals surface area contributed by atoms with Gasteiger partial charge in [-0.3, -0.25) is 0 Å². The molecule has 0 rings (SSSR count). The van der Waals surface area contributed by atoms with Gasteiger partial charge in [0.15, 0.2) is 0 Å². The Balaban J connectivity index is -0.000000270. The number of aliphatic hydroxyl groups excluding tert-OH is 3. The average molecular weight is 308 g/mol. The molecule has 0 aliphatic carbocycles. The van der Waals surface area contributed by atoms with Crippen molar-refractivity contribution in [1.82, 2.24) is 0 Å². The number of rotatable bonds is 7. The molecule has 0 aromatic rings. The maximum absolute atomic E-state index is 9.25. The molecular weight excluding hydrogens is 284 g/mol. The van der Waals surface area contributed by atoms with Crippen molar-refractivity contribution in [2.45, 2.75) is 13.0 Å². The lowest BCUT2D eigenvalue weighted by Crippen LogP contribution is -2.44. The van der Waals surface area contributed by atoms with Crippen LogP contribution in [-0.2, 0) is 14.3 Å². The summed E-state index contributed by atoms with van der Waals surface area (Å²) in [5, 5.41) is 41.8. The first kappa shape index (κ1) is 24.3. The lowest BCUT2D eigenvalue weighted by Gasteiger charge is -2.32. The van der Waals surface area contributed by atoms with E-state index in [4.69, 9.17) is 30.3 Å². The predicted octanol–water partition coefficient (Wildman–Crippen LogP) is -0.501. The van der Waals surface area contributed by atoms with E-state index in [0.29, 0.717) is 0 Å². The summed E-state index contributed by atoms with van der Waals surface area (Å²) >= 11 is 0. The fraction of sp³-hybridized carbons (Fsp3) is 0.538. The van der Waals surface area contributed by atoms with E-state index in [-0.39, 0.29) is 25.9 Å². The summed E-state index contributed by atoms with van der Waals surface area (Å²) in [7, 11) is 1.47. The third-order valence-corrected chi connectivity index (χ3v) is 2.51. The number of carboxylic acid groups (broad SMARTS) is 2. The number of carbonyl (C=O) groups is 2. The summed E-state index contributed by atoms with van der Waals surface area (Å²) in [5.41, 5.74) is -0.922. The molecule has 21 heavy (non-hydrogen) atoms. The Morgan fingerprint density at radius 3 is 1.33 bits per heavy atom. The summed E-state index contributed by atoms with van der Waals surface area (Å²) in [4.78, 5) is 18.5. The van der Waals surface area contributed by atoms with Crippen molar-refractivity contribution in [3.8, 4) is 0 Å². The topological polar surface area (TPSA) is 145 Å². The number of aliphatic hydroxyl groups is 3. The second-order valence-corrected chi connectivity index (χ2v) is 3.80. The van der Waals surface area contributed by atoms with Gasteiger partial charge in [-0.05, 0) is 6.92 Å². The summed E-state index contributed by atoms with van der Waals surface area (Å²) in [6.07, 6.45) is 1.31. The maximum atomic E-state index is 9.25. The summed E-state index contributed by atoms with van der Waals surface area (Å²) < 4.78 is 4.91. The molecule has 0 aliphatic heterocycles. The highest BCUT2D eigenvalue weighted by atomic mass is 16.5. The Labute approximate surface area is 123 Å². The smallest absolute Gasteiger partial charge is 0.327 e. The van der Waals surface area contributed by atoms with Crippen molar-refractivity contribution < 1.29 is 39.9 Å². The molecule has 0 saturated carbocycles. The van der Waals surface area contributed by atoms with Crippen LogP contribution in [0, 0.1) is 5.41 Å². The van der Waals surface area contributed by atoms with Gasteiger partial charge in [0.1, 0.15) is 0 Å². The minimum atomic E-state index is -0.981. The molecule has 124 valence electrons. The first-order valence-corrected chi connectivity index (χ1v) is 5.77. The number of aliphatic carboxylic acids is 2. The van der Waals surface area contributed by atoms with Crippen LogP contribution in [0.15, 0.2) is 25.3 Å². The van der Waals surface area contributed by atoms with Crippen LogP contribution in [0.3, 0.4) is 0 Å². The zero-order valence-corrected chi connectivity index (χ0v) is 12.2. The third kappa shape index (κ3) is 13.0. The Morgan fingerprint density at radius 2 is 1.29 bits per heavy atom. The summed E-state index contributed by atoms with van der Waals surface area (Å²) in [6, 6.07) is 0. The second-order valence-electron chi connectivity index (χ2n) is 3.80. The molecule has 8 heteroatoms. The SMILES string of the molecule is C=CC(=O)O.C=CC(=O)O.COC(C)C(CO)(CO)CO. The van der Waals surface area contributed by atoms with Crippen molar-refractivity contribution in [3.05, 3.63) is 25.3 Å². The quantitative estimate of drug-likeness (QED) is 0.396. The van der Waals surface area contributed by atoms with Crippen LogP contribution in [0.25, 0.3) is 0 Å². The van der Waals surface area contributed by atoms with Crippen LogP contribution in [0.1, 0.15) is 6.92 Å². The third-order valence-electron chi connectivity index (χ3n) is 2.51. The van der Waals surface area contributed by atoms with Crippen LogP contribution in [0.5, 0.6) is 0 Å². The Kier molecular flexibility index (Phi) is 17.0. The van der Waals surface area contributed by atoms with E-state index in [9.17, 15) is 9.59 Å². The van der Waals surface area contributed by atoms with Crippen molar-refractivity contribution in [2.75, 3.05) is 26.9 Å². The highest BCUT2D eigenvalue weighted by molar-refractivity contribution is 5.79. The Morgan fingerprint density at radius 1 is 1.05 bits per heavy atom. The molecule has 0 heterocycles. The number of hydrogen-bond acceptors (Lipinski definition) is 6. The molecular formula is C13H24O8. The van der Waals surface area contributed by atoms with Crippen LogP contribution in [-0.4, -0.2) is 70.5 Å². The molecule has 0 bridgehead atoms. The summed E-state index contributed by atoms with van der Waals surface area (Å²) in [6.45, 7) is 6.77. The molecule has 0 aliphatic rings. The predicted molar refractivity (Wildman–Crippen MR) is 75.8 cm³/mol. The number of carboxylic acids is 2. The van der Waals surface area contributed by atoms with E-state index < -0.39 is 17.4 Å². The first-order chi connectivity index (χ1) is 9.70. The Hall–Kier alpha value is -1.74. The lowest BCUT2D eigenvalue weighted by atomic mass is 9.85. The first-order valence-electron chi connectivity index (χ1n) is 5.77. The van der Waals surface area contributed by atoms with Gasteiger partial charge in [-0.1, -0.05) is 13.2 Å². The number of ether oxygens (including phenoxy) is 1. The van der Waals surface area contributed by atoms with Crippen molar-refractivity contribution in [3.63, 3.8) is 0 Å². The molecule has 0 radical (unpaired) electrons. The van der Waals surface area contributed by atoms with Crippen LogP contribution >= 0.6 is 0 Å². The van der Waals surface area contributed by atoms with Gasteiger partial charge in [-0.25, -0.2) is 9.59 Å². The van der Waals surface area contributed by atoms with Gasteiger partial charge in [0, 0.05) is 19.3 Å². The normalized spacial score (nSPS) is 10.9. The highest BCUT2D eigenvalue weighted by Crippen LogP contribution is 2.21. The van der Waals surface area contributed by atoms with E-state index in [2.05, 4.69) is 13.2 Å². The van der Waals surface area contributed by atoms with Crippen LogP contribution in [0.4, 0.5) is 0 Å².